The Balaban J connectivity index is 0.00000867. The van der Waals surface area contributed by atoms with Gasteiger partial charge in [0.1, 0.15) is 6.61 Å². The quantitative estimate of drug-likeness (QED) is 0.0863. The number of carbonyl (C=O) groups is 1. The summed E-state index contributed by atoms with van der Waals surface area (Å²) >= 11 is 0. The van der Waals surface area contributed by atoms with E-state index in [1.807, 2.05) is 0 Å². The van der Waals surface area contributed by atoms with Crippen LogP contribution < -0.4 is 14.5 Å². The standard InChI is InChI=1S/C32H35F9N4O4.Na.H/c1-3-44(10-6-4-5-7-28(46)47)27-9-8-23(30(33,34)35)15-22(27)20-45(29-42-17-26(18-43-29)49-12-11-48-2)19-21-13-24(31(36,37)38)16-25(14-21)32(39,40)41;;/h8-9,13-18H,3-7,10-12,19-20H2,1-2H3,(H,46,47);;. The number of halogens is 9. The van der Waals surface area contributed by atoms with Crippen LogP contribution in [-0.2, 0) is 41.1 Å². The van der Waals surface area contributed by atoms with E-state index in [9.17, 15) is 44.3 Å². The number of carboxylic acid groups (broad SMARTS) is 1. The summed E-state index contributed by atoms with van der Waals surface area (Å²) in [7, 11) is 1.44. The van der Waals surface area contributed by atoms with Gasteiger partial charge in [-0.05, 0) is 67.3 Å². The molecule has 0 spiro atoms. The summed E-state index contributed by atoms with van der Waals surface area (Å²) in [5, 5.41) is 8.89. The van der Waals surface area contributed by atoms with Crippen LogP contribution in [0.25, 0.3) is 0 Å². The van der Waals surface area contributed by atoms with E-state index in [1.54, 1.807) is 11.8 Å². The number of alkyl halides is 9. The Hall–Kier alpha value is -3.28. The molecule has 0 unspecified atom stereocenters. The molecular formula is C32H36F9N4NaO4. The number of methoxy groups -OCH3 is 1. The van der Waals surface area contributed by atoms with Crippen LogP contribution in [0.3, 0.4) is 0 Å². The van der Waals surface area contributed by atoms with E-state index < -0.39 is 59.8 Å². The van der Waals surface area contributed by atoms with Crippen molar-refractivity contribution in [3.63, 3.8) is 0 Å². The average molecular weight is 735 g/mol. The first-order valence-electron chi connectivity index (χ1n) is 15.1. The Kier molecular flexibility index (Phi) is 16.1. The molecule has 1 aromatic heterocycles. The number of carboxylic acids is 1. The van der Waals surface area contributed by atoms with Crippen molar-refractivity contribution in [3.8, 4) is 5.75 Å². The van der Waals surface area contributed by atoms with E-state index in [0.717, 1.165) is 12.1 Å². The van der Waals surface area contributed by atoms with Gasteiger partial charge in [-0.15, -0.1) is 0 Å². The number of nitrogens with zero attached hydrogens (tertiary/aromatic N) is 4. The predicted molar refractivity (Wildman–Crippen MR) is 168 cm³/mol. The van der Waals surface area contributed by atoms with Gasteiger partial charge in [0.05, 0.1) is 35.7 Å². The fourth-order valence-corrected chi connectivity index (χ4v) is 4.93. The summed E-state index contributed by atoms with van der Waals surface area (Å²) in [6.07, 6.45) is -11.2. The normalized spacial score (nSPS) is 12.0. The molecule has 0 aliphatic carbocycles. The molecule has 0 radical (unpaired) electrons. The van der Waals surface area contributed by atoms with Gasteiger partial charge in [0.25, 0.3) is 0 Å². The molecule has 50 heavy (non-hydrogen) atoms. The zero-order chi connectivity index (χ0) is 36.4. The minimum atomic E-state index is -5.13. The van der Waals surface area contributed by atoms with Crippen molar-refractivity contribution in [3.05, 3.63) is 76.6 Å². The van der Waals surface area contributed by atoms with Gasteiger partial charge >= 0.3 is 54.1 Å². The summed E-state index contributed by atoms with van der Waals surface area (Å²) in [5.74, 6) is -0.999. The molecule has 3 aromatic rings. The second-order valence-electron chi connectivity index (χ2n) is 11.0. The number of unbranched alkanes of at least 4 members (excludes halogenated alkanes) is 2. The molecule has 0 amide bonds. The Labute approximate surface area is 304 Å². The molecule has 0 saturated heterocycles. The third-order valence-electron chi connectivity index (χ3n) is 7.28. The molecule has 8 nitrogen and oxygen atoms in total. The van der Waals surface area contributed by atoms with Gasteiger partial charge in [-0.25, -0.2) is 9.97 Å². The van der Waals surface area contributed by atoms with Crippen LogP contribution in [-0.4, -0.2) is 84.0 Å². The molecule has 3 rings (SSSR count). The molecule has 0 aliphatic rings. The maximum absolute atomic E-state index is 13.9. The van der Waals surface area contributed by atoms with Gasteiger partial charge in [-0.1, -0.05) is 6.42 Å². The van der Waals surface area contributed by atoms with Crippen molar-refractivity contribution < 1.29 is 58.9 Å². The van der Waals surface area contributed by atoms with E-state index in [0.29, 0.717) is 50.2 Å². The molecule has 0 bridgehead atoms. The van der Waals surface area contributed by atoms with Crippen LogP contribution in [0, 0.1) is 0 Å². The van der Waals surface area contributed by atoms with Crippen LogP contribution in [0.15, 0.2) is 48.8 Å². The number of aliphatic carboxylic acids is 1. The van der Waals surface area contributed by atoms with Crippen molar-refractivity contribution >= 4 is 47.2 Å². The van der Waals surface area contributed by atoms with Gasteiger partial charge in [0, 0.05) is 45.4 Å². The Morgan fingerprint density at radius 2 is 1.38 bits per heavy atom. The second-order valence-corrected chi connectivity index (χ2v) is 11.0. The average Bonchev–Trinajstić information content (AvgIpc) is 3.01. The van der Waals surface area contributed by atoms with E-state index in [1.165, 1.54) is 30.5 Å². The fraction of sp³-hybridized carbons (Fsp3) is 0.469. The first kappa shape index (κ1) is 42.9. The van der Waals surface area contributed by atoms with E-state index in [2.05, 4.69) is 9.97 Å². The SMILES string of the molecule is CCN(CCCCCC(=O)O)c1ccc(C(F)(F)F)cc1CN(Cc1cc(C(F)(F)F)cc(C(F)(F)F)c1)c1ncc(OCCOC)cn1.[NaH]. The number of rotatable bonds is 17. The Morgan fingerprint density at radius 3 is 1.90 bits per heavy atom. The number of aromatic nitrogens is 2. The summed E-state index contributed by atoms with van der Waals surface area (Å²) in [4.78, 5) is 22.1. The zero-order valence-corrected chi connectivity index (χ0v) is 26.6. The summed E-state index contributed by atoms with van der Waals surface area (Å²) in [6.45, 7) is 1.65. The van der Waals surface area contributed by atoms with Crippen LogP contribution in [0.5, 0.6) is 5.75 Å². The summed E-state index contributed by atoms with van der Waals surface area (Å²) < 4.78 is 134. The van der Waals surface area contributed by atoms with Gasteiger partial charge in [0.2, 0.25) is 5.95 Å². The van der Waals surface area contributed by atoms with Crippen LogP contribution in [0.4, 0.5) is 51.1 Å². The first-order valence-corrected chi connectivity index (χ1v) is 15.1. The predicted octanol–water partition coefficient (Wildman–Crippen LogP) is 7.59. The molecule has 2 aromatic carbocycles. The number of anilines is 2. The Morgan fingerprint density at radius 1 is 0.780 bits per heavy atom. The topological polar surface area (TPSA) is 88.0 Å². The summed E-state index contributed by atoms with van der Waals surface area (Å²) in [5.41, 5.74) is -4.19. The number of hydrogen-bond donors (Lipinski definition) is 1. The van der Waals surface area contributed by atoms with Gasteiger partial charge < -0.3 is 24.4 Å². The molecule has 1 N–H and O–H groups in total. The first-order chi connectivity index (χ1) is 22.9. The van der Waals surface area contributed by atoms with Gasteiger partial charge in [-0.3, -0.25) is 4.79 Å². The molecule has 0 aliphatic heterocycles. The van der Waals surface area contributed by atoms with Crippen LogP contribution >= 0.6 is 0 Å². The zero-order valence-electron chi connectivity index (χ0n) is 26.6. The molecule has 0 atom stereocenters. The van der Waals surface area contributed by atoms with Crippen molar-refractivity contribution in [1.29, 1.82) is 0 Å². The summed E-state index contributed by atoms with van der Waals surface area (Å²) in [6, 6.07) is 4.04. The van der Waals surface area contributed by atoms with Crippen LogP contribution in [0.1, 0.15) is 60.4 Å². The van der Waals surface area contributed by atoms with E-state index in [4.69, 9.17) is 14.6 Å². The van der Waals surface area contributed by atoms with Gasteiger partial charge in [-0.2, -0.15) is 39.5 Å². The monoisotopic (exact) mass is 734 g/mol. The number of hydrogen-bond acceptors (Lipinski definition) is 7. The van der Waals surface area contributed by atoms with Crippen molar-refractivity contribution in [2.45, 2.75) is 64.2 Å². The van der Waals surface area contributed by atoms with Crippen LogP contribution in [0.2, 0.25) is 0 Å². The second kappa shape index (κ2) is 18.8. The van der Waals surface area contributed by atoms with Crippen molar-refractivity contribution in [2.24, 2.45) is 0 Å². The van der Waals surface area contributed by atoms with E-state index >= 15 is 0 Å². The molecule has 18 heteroatoms. The molecular weight excluding hydrogens is 698 g/mol. The number of benzene rings is 2. The van der Waals surface area contributed by atoms with Crippen molar-refractivity contribution in [1.82, 2.24) is 9.97 Å². The third kappa shape index (κ3) is 13.1. The van der Waals surface area contributed by atoms with Crippen molar-refractivity contribution in [2.75, 3.05) is 43.2 Å². The molecule has 0 saturated carbocycles. The molecule has 0 fully saturated rings. The minimum absolute atomic E-state index is 0. The van der Waals surface area contributed by atoms with Gasteiger partial charge in [0.15, 0.2) is 5.75 Å². The maximum atomic E-state index is 13.9. The van der Waals surface area contributed by atoms with E-state index in [-0.39, 0.29) is 72.5 Å². The molecule has 1 heterocycles. The Bertz CT molecular complexity index is 1490. The number of ether oxygens (including phenoxy) is 2. The third-order valence-corrected chi connectivity index (χ3v) is 7.28. The fourth-order valence-electron chi connectivity index (χ4n) is 4.93. The molecule has 272 valence electrons.